The minimum atomic E-state index is -0.0799. The third-order valence-corrected chi connectivity index (χ3v) is 1.72. The van der Waals surface area contributed by atoms with Gasteiger partial charge in [0.05, 0.1) is 5.60 Å². The Kier molecular flexibility index (Phi) is 7.29. The van der Waals surface area contributed by atoms with Gasteiger partial charge in [0, 0.05) is 6.61 Å². The second kappa shape index (κ2) is 7.34. The summed E-state index contributed by atoms with van der Waals surface area (Å²) in [7, 11) is 0. The zero-order valence-corrected chi connectivity index (χ0v) is 9.56. The van der Waals surface area contributed by atoms with Crippen LogP contribution in [0.2, 0.25) is 0 Å². The van der Waals surface area contributed by atoms with Gasteiger partial charge in [0.25, 0.3) is 0 Å². The highest BCUT2D eigenvalue weighted by Crippen LogP contribution is 2.06. The Morgan fingerprint density at radius 3 is 2.23 bits per heavy atom. The van der Waals surface area contributed by atoms with Crippen LogP contribution in [0.1, 0.15) is 53.4 Å². The molecular weight excluding hydrogens is 164 g/mol. The molecule has 80 valence electrons. The highest BCUT2D eigenvalue weighted by molar-refractivity contribution is 4.56. The maximum absolute atomic E-state index is 5.41. The molecule has 0 aromatic carbocycles. The fourth-order valence-corrected chi connectivity index (χ4v) is 0.908. The van der Waals surface area contributed by atoms with E-state index in [2.05, 4.69) is 6.92 Å². The van der Waals surface area contributed by atoms with Crippen molar-refractivity contribution in [3.05, 3.63) is 0 Å². The van der Waals surface area contributed by atoms with Crippen molar-refractivity contribution < 1.29 is 9.47 Å². The van der Waals surface area contributed by atoms with E-state index in [9.17, 15) is 0 Å². The van der Waals surface area contributed by atoms with Gasteiger partial charge in [-0.1, -0.05) is 26.2 Å². The summed E-state index contributed by atoms with van der Waals surface area (Å²) < 4.78 is 10.7. The number of hydrogen-bond acceptors (Lipinski definition) is 2. The second-order valence-corrected chi connectivity index (χ2v) is 4.34. The van der Waals surface area contributed by atoms with E-state index in [0.717, 1.165) is 13.0 Å². The number of rotatable bonds is 7. The Morgan fingerprint density at radius 2 is 1.69 bits per heavy atom. The smallest absolute Gasteiger partial charge is 0.147 e. The standard InChI is InChI=1S/C11H24O2/c1-5-6-7-8-9-12-10-13-11(2,3)4/h5-10H2,1-4H3. The van der Waals surface area contributed by atoms with Crippen LogP contribution in [0.25, 0.3) is 0 Å². The molecule has 0 atom stereocenters. The number of hydrogen-bond donors (Lipinski definition) is 0. The molecule has 0 N–H and O–H groups in total. The molecule has 0 aromatic rings. The predicted molar refractivity (Wildman–Crippen MR) is 55.8 cm³/mol. The van der Waals surface area contributed by atoms with E-state index in [1.165, 1.54) is 19.3 Å². The van der Waals surface area contributed by atoms with Crippen molar-refractivity contribution in [3.8, 4) is 0 Å². The van der Waals surface area contributed by atoms with Crippen molar-refractivity contribution in [2.45, 2.75) is 59.0 Å². The summed E-state index contributed by atoms with van der Waals surface area (Å²) in [5.74, 6) is 0. The monoisotopic (exact) mass is 188 g/mol. The van der Waals surface area contributed by atoms with Crippen molar-refractivity contribution >= 4 is 0 Å². The summed E-state index contributed by atoms with van der Waals surface area (Å²) in [4.78, 5) is 0. The first-order valence-electron chi connectivity index (χ1n) is 5.28. The lowest BCUT2D eigenvalue weighted by Crippen LogP contribution is -2.21. The van der Waals surface area contributed by atoms with Gasteiger partial charge in [-0.3, -0.25) is 0 Å². The molecule has 13 heavy (non-hydrogen) atoms. The van der Waals surface area contributed by atoms with Crippen molar-refractivity contribution in [2.75, 3.05) is 13.4 Å². The van der Waals surface area contributed by atoms with Gasteiger partial charge in [-0.15, -0.1) is 0 Å². The molecule has 0 heterocycles. The third kappa shape index (κ3) is 11.9. The first kappa shape index (κ1) is 12.9. The molecule has 0 saturated carbocycles. The molecule has 0 aliphatic heterocycles. The molecule has 0 amide bonds. The summed E-state index contributed by atoms with van der Waals surface area (Å²) in [6.45, 7) is 9.57. The molecule has 0 rings (SSSR count). The zero-order valence-electron chi connectivity index (χ0n) is 9.56. The van der Waals surface area contributed by atoms with Crippen LogP contribution < -0.4 is 0 Å². The van der Waals surface area contributed by atoms with Crippen molar-refractivity contribution in [3.63, 3.8) is 0 Å². The first-order chi connectivity index (χ1) is 6.06. The van der Waals surface area contributed by atoms with Crippen LogP contribution in [-0.2, 0) is 9.47 Å². The Balaban J connectivity index is 3.00. The van der Waals surface area contributed by atoms with Gasteiger partial charge in [0.15, 0.2) is 0 Å². The SMILES string of the molecule is CCCCCCOCOC(C)(C)C. The summed E-state index contributed by atoms with van der Waals surface area (Å²) >= 11 is 0. The van der Waals surface area contributed by atoms with Gasteiger partial charge >= 0.3 is 0 Å². The van der Waals surface area contributed by atoms with Gasteiger partial charge in [0.1, 0.15) is 6.79 Å². The Bertz CT molecular complexity index is 105. The van der Waals surface area contributed by atoms with Crippen LogP contribution >= 0.6 is 0 Å². The Hall–Kier alpha value is -0.0800. The van der Waals surface area contributed by atoms with Gasteiger partial charge in [-0.05, 0) is 27.2 Å². The van der Waals surface area contributed by atoms with Gasteiger partial charge in [0.2, 0.25) is 0 Å². The first-order valence-corrected chi connectivity index (χ1v) is 5.28. The quantitative estimate of drug-likeness (QED) is 0.450. The highest BCUT2D eigenvalue weighted by Gasteiger charge is 2.08. The van der Waals surface area contributed by atoms with Crippen LogP contribution in [0.3, 0.4) is 0 Å². The minimum absolute atomic E-state index is 0.0799. The minimum Gasteiger partial charge on any atom is -0.355 e. The molecule has 0 bridgehead atoms. The maximum Gasteiger partial charge on any atom is 0.147 e. The van der Waals surface area contributed by atoms with Crippen LogP contribution in [0.4, 0.5) is 0 Å². The second-order valence-electron chi connectivity index (χ2n) is 4.34. The van der Waals surface area contributed by atoms with Crippen LogP contribution in [0, 0.1) is 0 Å². The van der Waals surface area contributed by atoms with E-state index in [-0.39, 0.29) is 5.60 Å². The average Bonchev–Trinajstić information content (AvgIpc) is 2.01. The fraction of sp³-hybridized carbons (Fsp3) is 1.00. The lowest BCUT2D eigenvalue weighted by atomic mass is 10.2. The van der Waals surface area contributed by atoms with Crippen LogP contribution in [-0.4, -0.2) is 19.0 Å². The maximum atomic E-state index is 5.41. The number of unbranched alkanes of at least 4 members (excludes halogenated alkanes) is 3. The van der Waals surface area contributed by atoms with E-state index in [0.29, 0.717) is 6.79 Å². The van der Waals surface area contributed by atoms with Gasteiger partial charge < -0.3 is 9.47 Å². The molecule has 0 saturated heterocycles. The van der Waals surface area contributed by atoms with Gasteiger partial charge in [-0.25, -0.2) is 0 Å². The summed E-state index contributed by atoms with van der Waals surface area (Å²) in [5.41, 5.74) is -0.0799. The molecular formula is C11H24O2. The van der Waals surface area contributed by atoms with Crippen molar-refractivity contribution in [2.24, 2.45) is 0 Å². The summed E-state index contributed by atoms with van der Waals surface area (Å²) in [5, 5.41) is 0. The van der Waals surface area contributed by atoms with E-state index in [1.54, 1.807) is 0 Å². The number of ether oxygens (including phenoxy) is 2. The topological polar surface area (TPSA) is 18.5 Å². The fourth-order valence-electron chi connectivity index (χ4n) is 0.908. The summed E-state index contributed by atoms with van der Waals surface area (Å²) in [6.07, 6.45) is 5.01. The van der Waals surface area contributed by atoms with E-state index in [1.807, 2.05) is 20.8 Å². The van der Waals surface area contributed by atoms with Crippen LogP contribution in [0.5, 0.6) is 0 Å². The molecule has 0 aliphatic rings. The lowest BCUT2D eigenvalue weighted by Gasteiger charge is -2.19. The van der Waals surface area contributed by atoms with Crippen LogP contribution in [0.15, 0.2) is 0 Å². The molecule has 0 spiro atoms. The molecule has 0 aromatic heterocycles. The molecule has 0 fully saturated rings. The van der Waals surface area contributed by atoms with Crippen molar-refractivity contribution in [1.82, 2.24) is 0 Å². The summed E-state index contributed by atoms with van der Waals surface area (Å²) in [6, 6.07) is 0. The average molecular weight is 188 g/mol. The lowest BCUT2D eigenvalue weighted by molar-refractivity contribution is -0.120. The van der Waals surface area contributed by atoms with E-state index >= 15 is 0 Å². The normalized spacial score (nSPS) is 12.0. The molecule has 2 nitrogen and oxygen atoms in total. The third-order valence-electron chi connectivity index (χ3n) is 1.72. The Labute approximate surface area is 82.6 Å². The van der Waals surface area contributed by atoms with Gasteiger partial charge in [-0.2, -0.15) is 0 Å². The van der Waals surface area contributed by atoms with E-state index in [4.69, 9.17) is 9.47 Å². The van der Waals surface area contributed by atoms with Crippen molar-refractivity contribution in [1.29, 1.82) is 0 Å². The Morgan fingerprint density at radius 1 is 1.00 bits per heavy atom. The highest BCUT2D eigenvalue weighted by atomic mass is 16.7. The zero-order chi connectivity index (χ0) is 10.2. The predicted octanol–water partition coefficient (Wildman–Crippen LogP) is 3.36. The largest absolute Gasteiger partial charge is 0.355 e. The molecule has 0 aliphatic carbocycles. The molecule has 0 unspecified atom stereocenters. The van der Waals surface area contributed by atoms with E-state index < -0.39 is 0 Å². The molecule has 0 radical (unpaired) electrons. The molecule has 2 heteroatoms.